The molecule has 2 aliphatic rings. The van der Waals surface area contributed by atoms with Gasteiger partial charge in [0.15, 0.2) is 5.82 Å². The maximum atomic E-state index is 14.4. The summed E-state index contributed by atoms with van der Waals surface area (Å²) in [6.45, 7) is 4.25. The first-order valence-electron chi connectivity index (χ1n) is 9.17. The third-order valence-electron chi connectivity index (χ3n) is 5.30. The molecule has 2 saturated heterocycles. The van der Waals surface area contributed by atoms with Crippen LogP contribution in [0, 0.1) is 5.82 Å². The fraction of sp³-hybridized carbons (Fsp3) is 0.474. The molecule has 27 heavy (non-hydrogen) atoms. The first kappa shape index (κ1) is 17.9. The van der Waals surface area contributed by atoms with E-state index in [2.05, 4.69) is 19.8 Å². The maximum absolute atomic E-state index is 14.4. The number of methoxy groups -OCH3 is 1. The number of piperazine rings is 1. The molecule has 3 heterocycles. The van der Waals surface area contributed by atoms with Crippen LogP contribution in [0.5, 0.6) is 0 Å². The summed E-state index contributed by atoms with van der Waals surface area (Å²) in [7, 11) is 1.73. The van der Waals surface area contributed by atoms with Gasteiger partial charge in [0.1, 0.15) is 0 Å². The van der Waals surface area contributed by atoms with E-state index in [-0.39, 0.29) is 12.4 Å². The number of nitrogens with zero attached hydrogens (tertiary/aromatic N) is 5. The second-order valence-electron chi connectivity index (χ2n) is 6.89. The molecule has 0 saturated carbocycles. The molecule has 144 valence electrons. The standard InChI is InChI=1S/C19H24FN5O2/c1-27-16-11-25(12-16)15-9-21-19(22-10-15)24-7-5-23(6-8-24)17-4-2-3-14(13-26)18(17)20/h2-4,9-10,16,26H,5-8,11-13H2,1H3. The summed E-state index contributed by atoms with van der Waals surface area (Å²) in [5.41, 5.74) is 1.88. The van der Waals surface area contributed by atoms with Crippen LogP contribution in [0.1, 0.15) is 5.56 Å². The lowest BCUT2D eigenvalue weighted by Crippen LogP contribution is -2.52. The van der Waals surface area contributed by atoms with E-state index >= 15 is 0 Å². The Labute approximate surface area is 158 Å². The highest BCUT2D eigenvalue weighted by Crippen LogP contribution is 2.25. The average Bonchev–Trinajstić information content (AvgIpc) is 2.68. The summed E-state index contributed by atoms with van der Waals surface area (Å²) < 4.78 is 19.7. The third-order valence-corrected chi connectivity index (χ3v) is 5.30. The Morgan fingerprint density at radius 2 is 1.74 bits per heavy atom. The van der Waals surface area contributed by atoms with Gasteiger partial charge < -0.3 is 24.5 Å². The molecule has 1 N–H and O–H groups in total. The first-order valence-corrected chi connectivity index (χ1v) is 9.17. The van der Waals surface area contributed by atoms with Gasteiger partial charge >= 0.3 is 0 Å². The molecule has 0 aliphatic carbocycles. The van der Waals surface area contributed by atoms with Crippen molar-refractivity contribution in [2.75, 3.05) is 61.1 Å². The predicted octanol–water partition coefficient (Wildman–Crippen LogP) is 1.27. The summed E-state index contributed by atoms with van der Waals surface area (Å²) in [5.74, 6) is 0.366. The highest BCUT2D eigenvalue weighted by Gasteiger charge is 2.27. The number of aliphatic hydroxyl groups is 1. The van der Waals surface area contributed by atoms with E-state index in [9.17, 15) is 9.50 Å². The van der Waals surface area contributed by atoms with Crippen molar-refractivity contribution < 1.29 is 14.2 Å². The number of hydrogen-bond donors (Lipinski definition) is 1. The van der Waals surface area contributed by atoms with Gasteiger partial charge in [0, 0.05) is 51.9 Å². The Morgan fingerprint density at radius 3 is 2.37 bits per heavy atom. The molecular formula is C19H24FN5O2. The number of aromatic nitrogens is 2. The molecule has 1 aromatic carbocycles. The number of aliphatic hydroxyl groups excluding tert-OH is 1. The highest BCUT2D eigenvalue weighted by molar-refractivity contribution is 5.52. The topological polar surface area (TPSA) is 65.0 Å². The van der Waals surface area contributed by atoms with Crippen molar-refractivity contribution in [2.45, 2.75) is 12.7 Å². The van der Waals surface area contributed by atoms with E-state index < -0.39 is 0 Å². The van der Waals surface area contributed by atoms with Gasteiger partial charge in [0.05, 0.1) is 36.5 Å². The van der Waals surface area contributed by atoms with Gasteiger partial charge in [0.2, 0.25) is 5.95 Å². The summed E-state index contributed by atoms with van der Waals surface area (Å²) in [6.07, 6.45) is 4.00. The van der Waals surface area contributed by atoms with E-state index in [1.54, 1.807) is 25.3 Å². The molecule has 7 nitrogen and oxygen atoms in total. The Balaban J connectivity index is 1.37. The number of ether oxygens (including phenoxy) is 1. The van der Waals surface area contributed by atoms with Crippen LogP contribution >= 0.6 is 0 Å². The fourth-order valence-corrected chi connectivity index (χ4v) is 3.52. The van der Waals surface area contributed by atoms with Crippen molar-refractivity contribution in [1.29, 1.82) is 0 Å². The predicted molar refractivity (Wildman–Crippen MR) is 102 cm³/mol. The molecule has 0 atom stereocenters. The van der Waals surface area contributed by atoms with Gasteiger partial charge in [-0.1, -0.05) is 12.1 Å². The van der Waals surface area contributed by atoms with Crippen molar-refractivity contribution in [1.82, 2.24) is 9.97 Å². The summed E-state index contributed by atoms with van der Waals surface area (Å²) in [6, 6.07) is 5.15. The van der Waals surface area contributed by atoms with Crippen LogP contribution < -0.4 is 14.7 Å². The molecule has 0 amide bonds. The minimum absolute atomic E-state index is 0.290. The van der Waals surface area contributed by atoms with Gasteiger partial charge in [0.25, 0.3) is 0 Å². The molecule has 1 aromatic heterocycles. The highest BCUT2D eigenvalue weighted by atomic mass is 19.1. The largest absolute Gasteiger partial charge is 0.392 e. The van der Waals surface area contributed by atoms with E-state index in [4.69, 9.17) is 4.74 Å². The lowest BCUT2D eigenvalue weighted by Gasteiger charge is -2.39. The monoisotopic (exact) mass is 373 g/mol. The molecule has 2 fully saturated rings. The Kier molecular flexibility index (Phi) is 5.09. The van der Waals surface area contributed by atoms with Crippen molar-refractivity contribution in [3.05, 3.63) is 42.0 Å². The molecular weight excluding hydrogens is 349 g/mol. The van der Waals surface area contributed by atoms with E-state index in [0.29, 0.717) is 36.4 Å². The molecule has 0 unspecified atom stereocenters. The number of rotatable bonds is 5. The number of hydrogen-bond acceptors (Lipinski definition) is 7. The van der Waals surface area contributed by atoms with Crippen LogP contribution in [0.15, 0.2) is 30.6 Å². The third kappa shape index (κ3) is 3.54. The van der Waals surface area contributed by atoms with E-state index in [1.807, 2.05) is 17.3 Å². The second-order valence-corrected chi connectivity index (χ2v) is 6.89. The minimum atomic E-state index is -0.335. The summed E-state index contributed by atoms with van der Waals surface area (Å²) in [5, 5.41) is 9.25. The zero-order chi connectivity index (χ0) is 18.8. The Morgan fingerprint density at radius 1 is 1.07 bits per heavy atom. The molecule has 0 spiro atoms. The van der Waals surface area contributed by atoms with Gasteiger partial charge in [-0.2, -0.15) is 0 Å². The van der Waals surface area contributed by atoms with Crippen LogP contribution in [0.2, 0.25) is 0 Å². The van der Waals surface area contributed by atoms with Gasteiger partial charge in [-0.25, -0.2) is 14.4 Å². The average molecular weight is 373 g/mol. The molecule has 2 aromatic rings. The number of anilines is 3. The second kappa shape index (κ2) is 7.66. The lowest BCUT2D eigenvalue weighted by molar-refractivity contribution is 0.0787. The number of halogens is 1. The van der Waals surface area contributed by atoms with E-state index in [0.717, 1.165) is 31.9 Å². The van der Waals surface area contributed by atoms with Crippen LogP contribution in [-0.4, -0.2) is 67.6 Å². The molecule has 8 heteroatoms. The van der Waals surface area contributed by atoms with Crippen molar-refractivity contribution in [2.24, 2.45) is 0 Å². The molecule has 0 radical (unpaired) electrons. The van der Waals surface area contributed by atoms with Gasteiger partial charge in [-0.3, -0.25) is 0 Å². The Bertz CT molecular complexity index is 774. The van der Waals surface area contributed by atoms with Crippen molar-refractivity contribution in [3.63, 3.8) is 0 Å². The van der Waals surface area contributed by atoms with Crippen molar-refractivity contribution in [3.8, 4) is 0 Å². The lowest BCUT2D eigenvalue weighted by atomic mass is 10.1. The SMILES string of the molecule is COC1CN(c2cnc(N3CCN(c4cccc(CO)c4F)CC3)nc2)C1. The first-order chi connectivity index (χ1) is 13.2. The van der Waals surface area contributed by atoms with Crippen molar-refractivity contribution >= 4 is 17.3 Å². The zero-order valence-corrected chi connectivity index (χ0v) is 15.4. The molecule has 4 rings (SSSR count). The van der Waals surface area contributed by atoms with Crippen LogP contribution in [0.25, 0.3) is 0 Å². The van der Waals surface area contributed by atoms with Gasteiger partial charge in [-0.05, 0) is 6.07 Å². The smallest absolute Gasteiger partial charge is 0.225 e. The zero-order valence-electron chi connectivity index (χ0n) is 15.4. The maximum Gasteiger partial charge on any atom is 0.225 e. The number of benzene rings is 1. The van der Waals surface area contributed by atoms with Crippen LogP contribution in [0.4, 0.5) is 21.7 Å². The van der Waals surface area contributed by atoms with Gasteiger partial charge in [-0.15, -0.1) is 0 Å². The molecule has 0 bridgehead atoms. The Hall–Kier alpha value is -2.45. The fourth-order valence-electron chi connectivity index (χ4n) is 3.52. The summed E-state index contributed by atoms with van der Waals surface area (Å²) in [4.78, 5) is 15.3. The van der Waals surface area contributed by atoms with Crippen LogP contribution in [-0.2, 0) is 11.3 Å². The summed E-state index contributed by atoms with van der Waals surface area (Å²) >= 11 is 0. The quantitative estimate of drug-likeness (QED) is 0.847. The van der Waals surface area contributed by atoms with E-state index in [1.165, 1.54) is 0 Å². The minimum Gasteiger partial charge on any atom is -0.392 e. The molecule has 2 aliphatic heterocycles. The normalized spacial score (nSPS) is 18.0. The van der Waals surface area contributed by atoms with Crippen LogP contribution in [0.3, 0.4) is 0 Å².